The van der Waals surface area contributed by atoms with E-state index in [0.717, 1.165) is 48.9 Å². The van der Waals surface area contributed by atoms with E-state index in [2.05, 4.69) is 30.4 Å². The summed E-state index contributed by atoms with van der Waals surface area (Å²) < 4.78 is 10.6. The summed E-state index contributed by atoms with van der Waals surface area (Å²) in [7, 11) is 3.28. The first kappa shape index (κ1) is 21.5. The van der Waals surface area contributed by atoms with Gasteiger partial charge in [0.1, 0.15) is 0 Å². The van der Waals surface area contributed by atoms with E-state index >= 15 is 0 Å². The Balaban J connectivity index is 1.49. The zero-order valence-corrected chi connectivity index (χ0v) is 18.3. The minimum Gasteiger partial charge on any atom is -0.493 e. The van der Waals surface area contributed by atoms with Crippen molar-refractivity contribution in [3.8, 4) is 11.5 Å². The molecular weight excluding hydrogens is 384 g/mol. The summed E-state index contributed by atoms with van der Waals surface area (Å²) in [6, 6.07) is 12.4. The van der Waals surface area contributed by atoms with Gasteiger partial charge in [-0.2, -0.15) is 0 Å². The number of hydrogen-bond acceptors (Lipinski definition) is 5. The third-order valence-corrected chi connectivity index (χ3v) is 6.19. The largest absolute Gasteiger partial charge is 0.493 e. The van der Waals surface area contributed by atoms with Crippen LogP contribution >= 0.6 is 11.8 Å². The number of carbonyl (C=O) groups is 1. The maximum atomic E-state index is 12.9. The molecule has 0 saturated heterocycles. The molecule has 0 aromatic heterocycles. The van der Waals surface area contributed by atoms with Crippen molar-refractivity contribution in [2.75, 3.05) is 44.5 Å². The summed E-state index contributed by atoms with van der Waals surface area (Å²) in [6.07, 6.45) is 2.40. The Labute approximate surface area is 177 Å². The fourth-order valence-electron chi connectivity index (χ4n) is 3.47. The van der Waals surface area contributed by atoms with Crippen LogP contribution in [-0.4, -0.2) is 45.5 Å². The first-order valence-corrected chi connectivity index (χ1v) is 11.1. The Bertz CT molecular complexity index is 841. The van der Waals surface area contributed by atoms with Crippen molar-refractivity contribution in [1.82, 2.24) is 5.32 Å². The van der Waals surface area contributed by atoms with Crippen molar-refractivity contribution in [3.05, 3.63) is 47.5 Å². The molecule has 1 N–H and O–H groups in total. The molecule has 2 aromatic rings. The quantitative estimate of drug-likeness (QED) is 0.660. The molecule has 1 amide bonds. The number of ether oxygens (including phenoxy) is 2. The van der Waals surface area contributed by atoms with Crippen LogP contribution in [0.2, 0.25) is 0 Å². The predicted octanol–water partition coefficient (Wildman–Crippen LogP) is 4.06. The molecule has 29 heavy (non-hydrogen) atoms. The molecule has 0 bridgehead atoms. The Morgan fingerprint density at radius 1 is 1.10 bits per heavy atom. The van der Waals surface area contributed by atoms with Gasteiger partial charge in [0.15, 0.2) is 11.5 Å². The zero-order chi connectivity index (χ0) is 20.6. The van der Waals surface area contributed by atoms with Crippen LogP contribution in [0.4, 0.5) is 5.69 Å². The van der Waals surface area contributed by atoms with E-state index in [9.17, 15) is 4.79 Å². The number of aryl methyl sites for hydroxylation is 1. The molecule has 0 fully saturated rings. The summed E-state index contributed by atoms with van der Waals surface area (Å²) >= 11 is 1.85. The van der Waals surface area contributed by atoms with Gasteiger partial charge in [0.2, 0.25) is 5.91 Å². The molecule has 0 radical (unpaired) electrons. The molecule has 5 nitrogen and oxygen atoms in total. The Hall–Kier alpha value is -2.18. The Kier molecular flexibility index (Phi) is 7.83. The van der Waals surface area contributed by atoms with Crippen LogP contribution in [0.15, 0.2) is 41.3 Å². The van der Waals surface area contributed by atoms with Gasteiger partial charge < -0.3 is 19.7 Å². The minimum absolute atomic E-state index is 0.193. The van der Waals surface area contributed by atoms with E-state index in [1.807, 2.05) is 34.9 Å². The lowest BCUT2D eigenvalue weighted by molar-refractivity contribution is -0.118. The van der Waals surface area contributed by atoms with Gasteiger partial charge in [-0.25, -0.2) is 0 Å². The Morgan fingerprint density at radius 3 is 2.72 bits per heavy atom. The first-order chi connectivity index (χ1) is 14.1. The molecule has 0 unspecified atom stereocenters. The summed E-state index contributed by atoms with van der Waals surface area (Å²) in [6.45, 7) is 4.37. The number of benzene rings is 2. The second-order valence-electron chi connectivity index (χ2n) is 7.16. The molecule has 0 atom stereocenters. The van der Waals surface area contributed by atoms with E-state index in [1.165, 1.54) is 16.0 Å². The monoisotopic (exact) mass is 414 g/mol. The highest BCUT2D eigenvalue weighted by Gasteiger charge is 2.21. The molecule has 0 saturated carbocycles. The van der Waals surface area contributed by atoms with Gasteiger partial charge in [-0.05, 0) is 67.5 Å². The smallest absolute Gasteiger partial charge is 0.228 e. The highest BCUT2D eigenvalue weighted by Crippen LogP contribution is 2.34. The first-order valence-electron chi connectivity index (χ1n) is 10.1. The van der Waals surface area contributed by atoms with Crippen LogP contribution in [0.5, 0.6) is 11.5 Å². The highest BCUT2D eigenvalue weighted by molar-refractivity contribution is 7.99. The number of carbonyl (C=O) groups excluding carboxylic acids is 1. The molecule has 0 spiro atoms. The van der Waals surface area contributed by atoms with E-state index < -0.39 is 0 Å². The topological polar surface area (TPSA) is 50.8 Å². The number of thioether (sulfide) groups is 1. The molecule has 156 valence electrons. The maximum absolute atomic E-state index is 12.9. The van der Waals surface area contributed by atoms with E-state index in [1.54, 1.807) is 14.2 Å². The number of amides is 1. The predicted molar refractivity (Wildman–Crippen MR) is 120 cm³/mol. The number of rotatable bonds is 8. The van der Waals surface area contributed by atoms with E-state index in [4.69, 9.17) is 9.47 Å². The third kappa shape index (κ3) is 5.67. The maximum Gasteiger partial charge on any atom is 0.228 e. The van der Waals surface area contributed by atoms with Gasteiger partial charge in [-0.15, -0.1) is 11.8 Å². The summed E-state index contributed by atoms with van der Waals surface area (Å²) in [5.74, 6) is 2.73. The molecule has 0 aliphatic carbocycles. The van der Waals surface area contributed by atoms with Crippen molar-refractivity contribution >= 4 is 23.4 Å². The van der Waals surface area contributed by atoms with Gasteiger partial charge in [-0.3, -0.25) is 4.79 Å². The lowest BCUT2D eigenvalue weighted by atomic mass is 10.1. The van der Waals surface area contributed by atoms with Gasteiger partial charge in [0, 0.05) is 24.4 Å². The number of fused-ring (bicyclic) bond motifs is 1. The lowest BCUT2D eigenvalue weighted by Crippen LogP contribution is -2.34. The van der Waals surface area contributed by atoms with Crippen molar-refractivity contribution in [1.29, 1.82) is 0 Å². The number of hydrogen-bond donors (Lipinski definition) is 1. The third-order valence-electron chi connectivity index (χ3n) is 5.04. The standard InChI is InChI=1S/C23H30N2O3S/c1-17-5-8-22-19(15-17)25(13-4-14-29-22)23(26)10-12-24-11-9-18-6-7-20(27-2)21(16-18)28-3/h5-8,15-16,24H,4,9-14H2,1-3H3. The average Bonchev–Trinajstić information content (AvgIpc) is 2.95. The van der Waals surface area contributed by atoms with Crippen LogP contribution in [0, 0.1) is 6.92 Å². The zero-order valence-electron chi connectivity index (χ0n) is 17.5. The number of methoxy groups -OCH3 is 2. The van der Waals surface area contributed by atoms with Gasteiger partial charge in [0.25, 0.3) is 0 Å². The van der Waals surface area contributed by atoms with Crippen molar-refractivity contribution in [2.24, 2.45) is 0 Å². The van der Waals surface area contributed by atoms with Crippen LogP contribution < -0.4 is 19.7 Å². The van der Waals surface area contributed by atoms with Crippen molar-refractivity contribution in [3.63, 3.8) is 0 Å². The van der Waals surface area contributed by atoms with Crippen molar-refractivity contribution < 1.29 is 14.3 Å². The number of nitrogens with one attached hydrogen (secondary N) is 1. The van der Waals surface area contributed by atoms with Crippen molar-refractivity contribution in [2.45, 2.75) is 31.1 Å². The lowest BCUT2D eigenvalue weighted by Gasteiger charge is -2.23. The fourth-order valence-corrected chi connectivity index (χ4v) is 4.44. The molecule has 6 heteroatoms. The minimum atomic E-state index is 0.193. The second-order valence-corrected chi connectivity index (χ2v) is 8.29. The second kappa shape index (κ2) is 10.6. The summed E-state index contributed by atoms with van der Waals surface area (Å²) in [5, 5.41) is 3.40. The fraction of sp³-hybridized carbons (Fsp3) is 0.435. The van der Waals surface area contributed by atoms with Crippen LogP contribution in [0.3, 0.4) is 0 Å². The molecule has 1 heterocycles. The summed E-state index contributed by atoms with van der Waals surface area (Å²) in [4.78, 5) is 16.0. The average molecular weight is 415 g/mol. The number of anilines is 1. The SMILES string of the molecule is COc1ccc(CCNCCC(=O)N2CCCSc3ccc(C)cc32)cc1OC. The van der Waals surface area contributed by atoms with Crippen LogP contribution in [-0.2, 0) is 11.2 Å². The van der Waals surface area contributed by atoms with Crippen LogP contribution in [0.25, 0.3) is 0 Å². The Morgan fingerprint density at radius 2 is 1.93 bits per heavy atom. The molecule has 1 aliphatic heterocycles. The van der Waals surface area contributed by atoms with E-state index in [0.29, 0.717) is 13.0 Å². The molecular formula is C23H30N2O3S. The van der Waals surface area contributed by atoms with E-state index in [-0.39, 0.29) is 5.91 Å². The van der Waals surface area contributed by atoms with Gasteiger partial charge in [0.05, 0.1) is 19.9 Å². The van der Waals surface area contributed by atoms with Crippen LogP contribution in [0.1, 0.15) is 24.0 Å². The highest BCUT2D eigenvalue weighted by atomic mass is 32.2. The molecule has 3 rings (SSSR count). The number of nitrogens with zero attached hydrogens (tertiary/aromatic N) is 1. The molecule has 1 aliphatic rings. The molecule has 2 aromatic carbocycles. The normalized spacial score (nSPS) is 13.6. The summed E-state index contributed by atoms with van der Waals surface area (Å²) in [5.41, 5.74) is 3.44. The van der Waals surface area contributed by atoms with Gasteiger partial charge in [-0.1, -0.05) is 12.1 Å². The van der Waals surface area contributed by atoms with Gasteiger partial charge >= 0.3 is 0 Å².